The Labute approximate surface area is 461 Å². The van der Waals surface area contributed by atoms with E-state index < -0.39 is 51.1 Å². The van der Waals surface area contributed by atoms with Crippen LogP contribution in [0.4, 0.5) is 26.3 Å². The van der Waals surface area contributed by atoms with Gasteiger partial charge in [0.1, 0.15) is 66.0 Å². The summed E-state index contributed by atoms with van der Waals surface area (Å²) in [6, 6.07) is 76.5. The van der Waals surface area contributed by atoms with Gasteiger partial charge in [-0.2, -0.15) is 26.3 Å². The highest BCUT2D eigenvalue weighted by Gasteiger charge is 2.49. The van der Waals surface area contributed by atoms with Crippen LogP contribution in [0, 0.1) is 0 Å². The minimum atomic E-state index is -5.05. The van der Waals surface area contributed by atoms with Crippen molar-refractivity contribution in [3.05, 3.63) is 282 Å². The van der Waals surface area contributed by atoms with Crippen LogP contribution < -0.4 is 46.5 Å². The van der Waals surface area contributed by atoms with E-state index in [1.807, 2.05) is 109 Å². The van der Waals surface area contributed by atoms with Gasteiger partial charge in [0.25, 0.3) is 0 Å². The second kappa shape index (κ2) is 26.7. The number of halogens is 6. The molecule has 9 aromatic rings. The third kappa shape index (κ3) is 14.8. The molecule has 0 saturated heterocycles. The zero-order valence-electron chi connectivity index (χ0n) is 43.2. The maximum atomic E-state index is 13.6. The van der Waals surface area contributed by atoms with Crippen LogP contribution >= 0.6 is 14.5 Å². The van der Waals surface area contributed by atoms with E-state index in [4.69, 9.17) is 0 Å². The predicted octanol–water partition coefficient (Wildman–Crippen LogP) is 10.9. The van der Waals surface area contributed by atoms with Crippen molar-refractivity contribution >= 4 is 76.8 Å². The fraction of sp³-hybridized carbons (Fsp3) is 0.0938. The summed E-state index contributed by atoms with van der Waals surface area (Å²) in [7, 11) is -7.46. The number of ketones is 4. The molecular formula is C64H51BF6O7P2. The van der Waals surface area contributed by atoms with Gasteiger partial charge in [0.05, 0.1) is 16.9 Å². The highest BCUT2D eigenvalue weighted by molar-refractivity contribution is 7.96. The molecule has 0 fully saturated rings. The van der Waals surface area contributed by atoms with E-state index in [9.17, 15) is 55.6 Å². The summed E-state index contributed by atoms with van der Waals surface area (Å²) in [6.45, 7) is 3.07. The Kier molecular flexibility index (Phi) is 19.9. The average molecular weight is 1120 g/mol. The van der Waals surface area contributed by atoms with Gasteiger partial charge in [-0.05, 0) is 105 Å². The van der Waals surface area contributed by atoms with Crippen molar-refractivity contribution < 1.29 is 60.2 Å². The van der Waals surface area contributed by atoms with Crippen molar-refractivity contribution in [2.24, 2.45) is 0 Å². The van der Waals surface area contributed by atoms with E-state index in [-0.39, 0.29) is 41.3 Å². The molecule has 0 atom stereocenters. The van der Waals surface area contributed by atoms with E-state index in [1.54, 1.807) is 48.5 Å². The van der Waals surface area contributed by atoms with Crippen LogP contribution in [0.3, 0.4) is 0 Å². The topological polar surface area (TPSA) is 124 Å². The Morgan fingerprint density at radius 2 is 0.600 bits per heavy atom. The predicted molar refractivity (Wildman–Crippen MR) is 304 cm³/mol. The molecule has 0 radical (unpaired) electrons. The molecule has 0 N–H and O–H groups in total. The second-order valence-electron chi connectivity index (χ2n) is 18.2. The van der Waals surface area contributed by atoms with Gasteiger partial charge in [-0.25, -0.2) is 0 Å². The molecule has 80 heavy (non-hydrogen) atoms. The number of hydrogen-bond acceptors (Lipinski definition) is 7. The Bertz CT molecular complexity index is 3060. The zero-order valence-corrected chi connectivity index (χ0v) is 45.0. The van der Waals surface area contributed by atoms with Gasteiger partial charge >= 0.3 is 12.4 Å². The number of alkyl halides is 6. The third-order valence-electron chi connectivity index (χ3n) is 13.0. The smallest absolute Gasteiger partial charge is 0.416 e. The van der Waals surface area contributed by atoms with Crippen molar-refractivity contribution in [1.82, 2.24) is 0 Å². The Morgan fingerprint density at radius 1 is 0.375 bits per heavy atom. The molecule has 0 aliphatic heterocycles. The first kappa shape index (κ1) is 59.5. The van der Waals surface area contributed by atoms with E-state index in [0.717, 1.165) is 0 Å². The van der Waals surface area contributed by atoms with Crippen LogP contribution in [0.5, 0.6) is 5.75 Å². The third-order valence-corrected chi connectivity index (χ3v) is 21.6. The average Bonchev–Trinajstić information content (AvgIpc) is 3.64. The Balaban J connectivity index is 0.000000180. The van der Waals surface area contributed by atoms with Gasteiger partial charge in [0.2, 0.25) is 11.6 Å². The van der Waals surface area contributed by atoms with Gasteiger partial charge in [0.15, 0.2) is 11.6 Å². The van der Waals surface area contributed by atoms with Crippen LogP contribution in [-0.4, -0.2) is 42.8 Å². The maximum Gasteiger partial charge on any atom is 0.416 e. The molecule has 0 aromatic heterocycles. The summed E-state index contributed by atoms with van der Waals surface area (Å²) in [5, 5.41) is 27.2. The molecule has 0 heterocycles. The number of benzene rings is 9. The second-order valence-corrected chi connectivity index (χ2v) is 25.2. The quantitative estimate of drug-likeness (QED) is 0.0408. The minimum absolute atomic E-state index is 0.00120. The van der Waals surface area contributed by atoms with Crippen molar-refractivity contribution in [2.75, 3.05) is 12.3 Å². The van der Waals surface area contributed by atoms with Gasteiger partial charge < -0.3 is 14.7 Å². The molecule has 0 bridgehead atoms. The van der Waals surface area contributed by atoms with Crippen molar-refractivity contribution in [3.63, 3.8) is 0 Å². The lowest BCUT2D eigenvalue weighted by atomic mass is 10.1. The number of hydrogen-bond donors (Lipinski definition) is 0. The Hall–Kier alpha value is -8.12. The summed E-state index contributed by atoms with van der Waals surface area (Å²) < 4.78 is 77.5. The SMILES string of the molecule is CC(=O)c1ccc(C(=O)C[P+](c2ccccc2)(c2ccccc2)c2ccccc2)cc1.CC(=O)c1ccc(C(=O)C[P+](c2ccccc2)(c2ccccc2)c2ccccc2)cc1.[O-]B([O-])Oc1cc(C(F)(F)F)cc(C(F)(F)F)c1. The fourth-order valence-electron chi connectivity index (χ4n) is 9.04. The van der Waals surface area contributed by atoms with E-state index in [2.05, 4.69) is 77.5 Å². The highest BCUT2D eigenvalue weighted by Crippen LogP contribution is 2.57. The van der Waals surface area contributed by atoms with Gasteiger partial charge in [-0.3, -0.25) is 19.2 Å². The number of rotatable bonds is 16. The summed E-state index contributed by atoms with van der Waals surface area (Å²) in [5.74, 6) is -0.912. The molecule has 7 nitrogen and oxygen atoms in total. The normalized spacial score (nSPS) is 11.4. The molecule has 0 unspecified atom stereocenters. The first-order chi connectivity index (χ1) is 38.2. The maximum absolute atomic E-state index is 13.6. The van der Waals surface area contributed by atoms with Crippen LogP contribution in [0.2, 0.25) is 0 Å². The summed E-state index contributed by atoms with van der Waals surface area (Å²) in [4.78, 5) is 50.5. The lowest BCUT2D eigenvalue weighted by Crippen LogP contribution is -2.50. The molecule has 9 rings (SSSR count). The standard InChI is InChI=1S/2C28H24O2P.C8H3BF6O3/c2*1-22(29)23-17-19-24(20-18-23)28(30)21-31(25-11-5-2-6-12-25,26-13-7-3-8-14-26)27-15-9-4-10-16-27;10-7(11,12)4-1-5(8(13,14)15)3-6(2-4)18-9(16)17/h2*2-20H,21H2,1H3;1-3H/q2*+1;-2. The largest absolute Gasteiger partial charge is 0.860 e. The zero-order chi connectivity index (χ0) is 57.5. The summed E-state index contributed by atoms with van der Waals surface area (Å²) in [6.07, 6.45) is -9.32. The number of carbonyl (C=O) groups excluding carboxylic acids is 4. The molecule has 0 amide bonds. The van der Waals surface area contributed by atoms with Crippen molar-refractivity contribution in [2.45, 2.75) is 26.2 Å². The van der Waals surface area contributed by atoms with Crippen LogP contribution in [0.1, 0.15) is 66.4 Å². The van der Waals surface area contributed by atoms with E-state index in [0.29, 0.717) is 34.6 Å². The highest BCUT2D eigenvalue weighted by atomic mass is 31.2. The van der Waals surface area contributed by atoms with Crippen LogP contribution in [0.15, 0.2) is 249 Å². The molecule has 9 aromatic carbocycles. The molecular weight excluding hydrogens is 1070 g/mol. The molecule has 0 saturated carbocycles. The van der Waals surface area contributed by atoms with Gasteiger partial charge in [-0.15, -0.1) is 0 Å². The first-order valence-corrected chi connectivity index (χ1v) is 28.8. The summed E-state index contributed by atoms with van der Waals surface area (Å²) >= 11 is 0. The minimum Gasteiger partial charge on any atom is -0.860 e. The number of carbonyl (C=O) groups is 4. The lowest BCUT2D eigenvalue weighted by molar-refractivity contribution is -0.372. The number of Topliss-reactive ketones (excluding diaryl/α,β-unsaturated/α-hetero) is 4. The summed E-state index contributed by atoms with van der Waals surface area (Å²) in [5.41, 5.74) is -0.811. The van der Waals surface area contributed by atoms with Crippen molar-refractivity contribution in [1.29, 1.82) is 0 Å². The van der Waals surface area contributed by atoms with Gasteiger partial charge in [0, 0.05) is 22.3 Å². The fourth-order valence-corrected chi connectivity index (χ4v) is 17.2. The monoisotopic (exact) mass is 1120 g/mol. The van der Waals surface area contributed by atoms with E-state index in [1.165, 1.54) is 45.7 Å². The van der Waals surface area contributed by atoms with Gasteiger partial charge in [-0.1, -0.05) is 158 Å². The molecule has 16 heteroatoms. The first-order valence-electron chi connectivity index (χ1n) is 24.9. The molecule has 404 valence electrons. The molecule has 0 spiro atoms. The Morgan fingerprint density at radius 3 is 0.800 bits per heavy atom. The molecule has 0 aliphatic carbocycles. The molecule has 0 aliphatic rings. The van der Waals surface area contributed by atoms with Crippen LogP contribution in [-0.2, 0) is 12.4 Å². The van der Waals surface area contributed by atoms with Crippen LogP contribution in [0.25, 0.3) is 0 Å². The van der Waals surface area contributed by atoms with E-state index >= 15 is 0 Å². The van der Waals surface area contributed by atoms with Crippen molar-refractivity contribution in [3.8, 4) is 5.75 Å². The lowest BCUT2D eigenvalue weighted by Gasteiger charge is -2.27.